The van der Waals surface area contributed by atoms with Crippen LogP contribution in [0.4, 0.5) is 5.82 Å². The summed E-state index contributed by atoms with van der Waals surface area (Å²) in [4.78, 5) is 22.0. The van der Waals surface area contributed by atoms with Crippen LogP contribution in [0, 0.1) is 0 Å². The van der Waals surface area contributed by atoms with Crippen molar-refractivity contribution in [3.05, 3.63) is 90.5 Å². The molecule has 26 heavy (non-hydrogen) atoms. The SMILES string of the molecule is O=C(Nc1ccccn1)c1ccc(SCc2cn3ccccc3n2)cc1. The van der Waals surface area contributed by atoms with Gasteiger partial charge in [0.15, 0.2) is 0 Å². The van der Waals surface area contributed by atoms with Crippen molar-refractivity contribution < 1.29 is 4.79 Å². The molecule has 0 aliphatic carbocycles. The van der Waals surface area contributed by atoms with Crippen molar-refractivity contribution in [2.24, 2.45) is 0 Å². The lowest BCUT2D eigenvalue weighted by Crippen LogP contribution is -2.12. The van der Waals surface area contributed by atoms with Crippen LogP contribution in [-0.4, -0.2) is 20.3 Å². The molecule has 0 saturated carbocycles. The minimum absolute atomic E-state index is 0.166. The fraction of sp³-hybridized carbons (Fsp3) is 0.0500. The maximum atomic E-state index is 12.2. The van der Waals surface area contributed by atoms with Crippen molar-refractivity contribution in [3.63, 3.8) is 0 Å². The predicted octanol–water partition coefficient (Wildman–Crippen LogP) is 4.27. The normalized spacial score (nSPS) is 10.8. The fourth-order valence-electron chi connectivity index (χ4n) is 2.54. The molecule has 0 radical (unpaired) electrons. The van der Waals surface area contributed by atoms with Gasteiger partial charge in [-0.15, -0.1) is 11.8 Å². The molecule has 6 heteroatoms. The Morgan fingerprint density at radius 3 is 2.65 bits per heavy atom. The zero-order valence-electron chi connectivity index (χ0n) is 13.9. The van der Waals surface area contributed by atoms with Crippen molar-refractivity contribution in [1.29, 1.82) is 0 Å². The summed E-state index contributed by atoms with van der Waals surface area (Å²) in [6.45, 7) is 0. The molecule has 0 saturated heterocycles. The molecule has 1 N–H and O–H groups in total. The molecular weight excluding hydrogens is 344 g/mol. The van der Waals surface area contributed by atoms with Crippen LogP contribution in [0.5, 0.6) is 0 Å². The molecule has 1 aromatic carbocycles. The van der Waals surface area contributed by atoms with Gasteiger partial charge in [0.25, 0.3) is 5.91 Å². The van der Waals surface area contributed by atoms with E-state index in [0.717, 1.165) is 22.0 Å². The maximum absolute atomic E-state index is 12.2. The van der Waals surface area contributed by atoms with Crippen molar-refractivity contribution in [2.75, 3.05) is 5.32 Å². The van der Waals surface area contributed by atoms with Gasteiger partial charge < -0.3 is 9.72 Å². The molecule has 1 amide bonds. The average Bonchev–Trinajstić information content (AvgIpc) is 3.10. The first kappa shape index (κ1) is 16.4. The number of fused-ring (bicyclic) bond motifs is 1. The highest BCUT2D eigenvalue weighted by atomic mass is 32.2. The highest BCUT2D eigenvalue weighted by molar-refractivity contribution is 7.98. The molecule has 4 aromatic rings. The van der Waals surface area contributed by atoms with Crippen LogP contribution in [0.25, 0.3) is 5.65 Å². The predicted molar refractivity (Wildman–Crippen MR) is 103 cm³/mol. The molecule has 3 aromatic heterocycles. The maximum Gasteiger partial charge on any atom is 0.256 e. The first-order chi connectivity index (χ1) is 12.8. The number of amides is 1. The monoisotopic (exact) mass is 360 g/mol. The Morgan fingerprint density at radius 1 is 1.04 bits per heavy atom. The molecule has 128 valence electrons. The van der Waals surface area contributed by atoms with Crippen molar-refractivity contribution in [2.45, 2.75) is 10.6 Å². The third-order valence-electron chi connectivity index (χ3n) is 3.82. The van der Waals surface area contributed by atoms with E-state index in [-0.39, 0.29) is 5.91 Å². The summed E-state index contributed by atoms with van der Waals surface area (Å²) < 4.78 is 2.01. The van der Waals surface area contributed by atoms with E-state index in [4.69, 9.17) is 0 Å². The lowest BCUT2D eigenvalue weighted by atomic mass is 10.2. The second kappa shape index (κ2) is 7.41. The van der Waals surface area contributed by atoms with Gasteiger partial charge in [-0.25, -0.2) is 9.97 Å². The molecule has 0 atom stereocenters. The molecule has 0 bridgehead atoms. The van der Waals surface area contributed by atoms with E-state index < -0.39 is 0 Å². The second-order valence-electron chi connectivity index (χ2n) is 5.68. The first-order valence-corrected chi connectivity index (χ1v) is 9.14. The third kappa shape index (κ3) is 3.75. The topological polar surface area (TPSA) is 59.3 Å². The zero-order valence-corrected chi connectivity index (χ0v) is 14.7. The van der Waals surface area contributed by atoms with Crippen molar-refractivity contribution >= 4 is 29.1 Å². The van der Waals surface area contributed by atoms with Gasteiger partial charge in [0.1, 0.15) is 11.5 Å². The van der Waals surface area contributed by atoms with E-state index in [0.29, 0.717) is 11.4 Å². The number of hydrogen-bond acceptors (Lipinski definition) is 4. The average molecular weight is 360 g/mol. The van der Waals surface area contributed by atoms with E-state index in [1.807, 2.05) is 71.4 Å². The highest BCUT2D eigenvalue weighted by Gasteiger charge is 2.07. The van der Waals surface area contributed by atoms with E-state index >= 15 is 0 Å². The number of pyridine rings is 2. The second-order valence-corrected chi connectivity index (χ2v) is 6.73. The van der Waals surface area contributed by atoms with Gasteiger partial charge in [0.05, 0.1) is 5.69 Å². The summed E-state index contributed by atoms with van der Waals surface area (Å²) in [6.07, 6.45) is 5.68. The van der Waals surface area contributed by atoms with Crippen LogP contribution in [0.2, 0.25) is 0 Å². The number of nitrogens with one attached hydrogen (secondary N) is 1. The molecule has 0 aliphatic rings. The first-order valence-electron chi connectivity index (χ1n) is 8.16. The summed E-state index contributed by atoms with van der Waals surface area (Å²) in [5, 5.41) is 2.78. The number of rotatable bonds is 5. The molecule has 3 heterocycles. The Bertz CT molecular complexity index is 996. The van der Waals surface area contributed by atoms with Crippen molar-refractivity contribution in [1.82, 2.24) is 14.4 Å². The molecule has 4 rings (SSSR count). The van der Waals surface area contributed by atoms with Gasteiger partial charge in [0.2, 0.25) is 0 Å². The standard InChI is InChI=1S/C20H16N4OS/c25-20(23-18-5-1-3-11-21-18)15-7-9-17(10-8-15)26-14-16-13-24-12-4-2-6-19(24)22-16/h1-13H,14H2,(H,21,23,25). The van der Waals surface area contributed by atoms with Crippen LogP contribution >= 0.6 is 11.8 Å². The summed E-state index contributed by atoms with van der Waals surface area (Å²) >= 11 is 1.69. The van der Waals surface area contributed by atoms with Crippen LogP contribution < -0.4 is 5.32 Å². The van der Waals surface area contributed by atoms with Gasteiger partial charge >= 0.3 is 0 Å². The van der Waals surface area contributed by atoms with E-state index in [1.165, 1.54) is 0 Å². The van der Waals surface area contributed by atoms with E-state index in [1.54, 1.807) is 24.0 Å². The van der Waals surface area contributed by atoms with Gasteiger partial charge in [0, 0.05) is 34.8 Å². The van der Waals surface area contributed by atoms with Gasteiger partial charge in [-0.05, 0) is 48.5 Å². The van der Waals surface area contributed by atoms with Crippen LogP contribution in [0.15, 0.2) is 84.1 Å². The van der Waals surface area contributed by atoms with Gasteiger partial charge in [-0.3, -0.25) is 4.79 Å². The van der Waals surface area contributed by atoms with E-state index in [2.05, 4.69) is 15.3 Å². The van der Waals surface area contributed by atoms with Crippen LogP contribution in [0.1, 0.15) is 16.1 Å². The van der Waals surface area contributed by atoms with Gasteiger partial charge in [-0.2, -0.15) is 0 Å². The quantitative estimate of drug-likeness (QED) is 0.540. The molecular formula is C20H16N4OS. The molecule has 0 unspecified atom stereocenters. The number of thioether (sulfide) groups is 1. The lowest BCUT2D eigenvalue weighted by molar-refractivity contribution is 0.102. The number of benzene rings is 1. The number of imidazole rings is 1. The fourth-order valence-corrected chi connectivity index (χ4v) is 3.32. The molecule has 0 aliphatic heterocycles. The summed E-state index contributed by atoms with van der Waals surface area (Å²) in [7, 11) is 0. The zero-order chi connectivity index (χ0) is 17.8. The van der Waals surface area contributed by atoms with Crippen molar-refractivity contribution in [3.8, 4) is 0 Å². The van der Waals surface area contributed by atoms with E-state index in [9.17, 15) is 4.79 Å². The summed E-state index contributed by atoms with van der Waals surface area (Å²) in [5.41, 5.74) is 2.58. The Morgan fingerprint density at radius 2 is 1.88 bits per heavy atom. The summed E-state index contributed by atoms with van der Waals surface area (Å²) in [5.74, 6) is 1.16. The smallest absolute Gasteiger partial charge is 0.256 e. The number of carbonyl (C=O) groups is 1. The molecule has 0 spiro atoms. The number of hydrogen-bond donors (Lipinski definition) is 1. The Balaban J connectivity index is 1.38. The van der Waals surface area contributed by atoms with Crippen LogP contribution in [0.3, 0.4) is 0 Å². The lowest BCUT2D eigenvalue weighted by Gasteiger charge is -2.05. The Hall–Kier alpha value is -3.12. The number of carbonyl (C=O) groups excluding carboxylic acids is 1. The Labute approximate surface area is 155 Å². The number of anilines is 1. The largest absolute Gasteiger partial charge is 0.307 e. The van der Waals surface area contributed by atoms with Gasteiger partial charge in [-0.1, -0.05) is 12.1 Å². The minimum atomic E-state index is -0.166. The Kier molecular flexibility index (Phi) is 4.66. The summed E-state index contributed by atoms with van der Waals surface area (Å²) in [6, 6.07) is 18.9. The third-order valence-corrected chi connectivity index (χ3v) is 4.87. The minimum Gasteiger partial charge on any atom is -0.307 e. The van der Waals surface area contributed by atoms with Crippen LogP contribution in [-0.2, 0) is 5.75 Å². The number of nitrogens with zero attached hydrogens (tertiary/aromatic N) is 3. The number of aromatic nitrogens is 3. The molecule has 0 fully saturated rings. The highest BCUT2D eigenvalue weighted by Crippen LogP contribution is 2.23. The molecule has 5 nitrogen and oxygen atoms in total.